The van der Waals surface area contributed by atoms with Crippen LogP contribution in [0.3, 0.4) is 0 Å². The summed E-state index contributed by atoms with van der Waals surface area (Å²) in [5, 5.41) is 0. The van der Waals surface area contributed by atoms with E-state index in [1.165, 1.54) is 238 Å². The summed E-state index contributed by atoms with van der Waals surface area (Å²) in [6, 6.07) is 0. The van der Waals surface area contributed by atoms with Crippen molar-refractivity contribution >= 4 is 17.9 Å². The molecule has 0 saturated heterocycles. The molecule has 0 spiro atoms. The summed E-state index contributed by atoms with van der Waals surface area (Å²) in [7, 11) is 0. The Morgan fingerprint density at radius 3 is 0.742 bits per heavy atom. The van der Waals surface area contributed by atoms with Crippen molar-refractivity contribution in [1.82, 2.24) is 0 Å². The van der Waals surface area contributed by atoms with Crippen molar-refractivity contribution in [2.24, 2.45) is 5.92 Å². The molecule has 1 atom stereocenters. The number of hydrogen-bond donors (Lipinski definition) is 0. The smallest absolute Gasteiger partial charge is 0.306 e. The zero-order valence-electron chi connectivity index (χ0n) is 45.2. The van der Waals surface area contributed by atoms with Gasteiger partial charge in [0.05, 0.1) is 0 Å². The van der Waals surface area contributed by atoms with E-state index in [1.54, 1.807) is 0 Å². The van der Waals surface area contributed by atoms with Crippen molar-refractivity contribution in [2.75, 3.05) is 13.2 Å². The van der Waals surface area contributed by atoms with Crippen LogP contribution in [0.5, 0.6) is 0 Å². The molecule has 0 aromatic carbocycles. The fourth-order valence-electron chi connectivity index (χ4n) is 9.28. The summed E-state index contributed by atoms with van der Waals surface area (Å²) in [5.74, 6) is 0.0129. The Morgan fingerprint density at radius 2 is 0.500 bits per heavy atom. The molecule has 0 aliphatic carbocycles. The van der Waals surface area contributed by atoms with Crippen LogP contribution < -0.4 is 0 Å². The van der Waals surface area contributed by atoms with Gasteiger partial charge in [0.25, 0.3) is 0 Å². The zero-order chi connectivity index (χ0) is 48.1. The second kappa shape index (κ2) is 54.4. The maximum absolute atomic E-state index is 12.9. The molecule has 0 fully saturated rings. The molecule has 0 aromatic heterocycles. The van der Waals surface area contributed by atoms with Crippen molar-refractivity contribution in [1.29, 1.82) is 0 Å². The van der Waals surface area contributed by atoms with Crippen LogP contribution in [-0.2, 0) is 28.6 Å². The third-order valence-electron chi connectivity index (χ3n) is 13.8. The average molecular weight is 934 g/mol. The van der Waals surface area contributed by atoms with E-state index in [-0.39, 0.29) is 31.1 Å². The maximum atomic E-state index is 12.9. The third-order valence-corrected chi connectivity index (χ3v) is 13.8. The Labute approximate surface area is 412 Å². The highest BCUT2D eigenvalue weighted by Gasteiger charge is 2.19. The van der Waals surface area contributed by atoms with Crippen LogP contribution in [0.4, 0.5) is 0 Å². The minimum Gasteiger partial charge on any atom is -0.462 e. The van der Waals surface area contributed by atoms with Crippen LogP contribution in [0.25, 0.3) is 0 Å². The average Bonchev–Trinajstić information content (AvgIpc) is 3.30. The number of rotatable bonds is 55. The highest BCUT2D eigenvalue weighted by molar-refractivity contribution is 5.71. The number of ether oxygens (including phenoxy) is 3. The van der Waals surface area contributed by atoms with E-state index in [1.807, 2.05) is 0 Å². The fraction of sp³-hybridized carbons (Fsp3) is 0.950. The van der Waals surface area contributed by atoms with E-state index in [4.69, 9.17) is 14.2 Å². The second-order valence-electron chi connectivity index (χ2n) is 21.1. The van der Waals surface area contributed by atoms with Gasteiger partial charge in [0.1, 0.15) is 13.2 Å². The molecule has 6 heteroatoms. The second-order valence-corrected chi connectivity index (χ2v) is 21.1. The molecule has 6 nitrogen and oxygen atoms in total. The molecule has 0 saturated carbocycles. The van der Waals surface area contributed by atoms with E-state index < -0.39 is 6.10 Å². The SMILES string of the molecule is CCCCCCCCCCCCCCCCCCC(=O)O[C@@H](COC(=O)CCCCCCCCCCCCCCCCC)COC(=O)CCCCCCCCCCCCCCCCC(C)C. The van der Waals surface area contributed by atoms with Crippen molar-refractivity contribution in [3.63, 3.8) is 0 Å². The van der Waals surface area contributed by atoms with Gasteiger partial charge in [-0.3, -0.25) is 14.4 Å². The van der Waals surface area contributed by atoms with Gasteiger partial charge in [0.2, 0.25) is 0 Å². The van der Waals surface area contributed by atoms with Gasteiger partial charge in [-0.15, -0.1) is 0 Å². The van der Waals surface area contributed by atoms with E-state index >= 15 is 0 Å². The normalized spacial score (nSPS) is 12.0. The summed E-state index contributed by atoms with van der Waals surface area (Å²) in [4.78, 5) is 38.2. The lowest BCUT2D eigenvalue weighted by Gasteiger charge is -2.18. The quantitative estimate of drug-likeness (QED) is 0.0343. The number of hydrogen-bond acceptors (Lipinski definition) is 6. The molecular formula is C60H116O6. The van der Waals surface area contributed by atoms with Crippen LogP contribution in [-0.4, -0.2) is 37.2 Å². The van der Waals surface area contributed by atoms with Gasteiger partial charge < -0.3 is 14.2 Å². The first-order valence-corrected chi connectivity index (χ1v) is 29.9. The Kier molecular flexibility index (Phi) is 53.0. The van der Waals surface area contributed by atoms with E-state index in [0.717, 1.165) is 63.7 Å². The molecule has 0 aliphatic heterocycles. The maximum Gasteiger partial charge on any atom is 0.306 e. The largest absolute Gasteiger partial charge is 0.462 e. The first kappa shape index (κ1) is 64.4. The van der Waals surface area contributed by atoms with Crippen LogP contribution >= 0.6 is 0 Å². The summed E-state index contributed by atoms with van der Waals surface area (Å²) in [5.41, 5.74) is 0. The first-order chi connectivity index (χ1) is 32.4. The zero-order valence-corrected chi connectivity index (χ0v) is 45.2. The van der Waals surface area contributed by atoms with Crippen LogP contribution in [0.2, 0.25) is 0 Å². The van der Waals surface area contributed by atoms with E-state index in [9.17, 15) is 14.4 Å². The number of carbonyl (C=O) groups is 3. The lowest BCUT2D eigenvalue weighted by Crippen LogP contribution is -2.30. The van der Waals surface area contributed by atoms with Crippen molar-refractivity contribution in [3.05, 3.63) is 0 Å². The van der Waals surface area contributed by atoms with Gasteiger partial charge in [0, 0.05) is 19.3 Å². The molecule has 0 N–H and O–H groups in total. The minimum atomic E-state index is -0.762. The van der Waals surface area contributed by atoms with Crippen molar-refractivity contribution < 1.29 is 28.6 Å². The molecule has 0 amide bonds. The van der Waals surface area contributed by atoms with Crippen molar-refractivity contribution in [3.8, 4) is 0 Å². The molecule has 0 radical (unpaired) electrons. The van der Waals surface area contributed by atoms with Gasteiger partial charge in [-0.2, -0.15) is 0 Å². The lowest BCUT2D eigenvalue weighted by molar-refractivity contribution is -0.167. The minimum absolute atomic E-state index is 0.0615. The van der Waals surface area contributed by atoms with Gasteiger partial charge >= 0.3 is 17.9 Å². The molecule has 0 unspecified atom stereocenters. The molecule has 0 rings (SSSR count). The van der Waals surface area contributed by atoms with E-state index in [0.29, 0.717) is 19.3 Å². The Bertz CT molecular complexity index is 996. The number of unbranched alkanes of at least 4 members (excludes halogenated alkanes) is 42. The highest BCUT2D eigenvalue weighted by Crippen LogP contribution is 2.18. The lowest BCUT2D eigenvalue weighted by atomic mass is 10.0. The summed E-state index contributed by atoms with van der Waals surface area (Å²) in [6.07, 6.45) is 59.5. The fourth-order valence-corrected chi connectivity index (χ4v) is 9.28. The Morgan fingerprint density at radius 1 is 0.288 bits per heavy atom. The monoisotopic (exact) mass is 933 g/mol. The third kappa shape index (κ3) is 53.4. The van der Waals surface area contributed by atoms with Crippen LogP contribution in [0.15, 0.2) is 0 Å². The molecule has 66 heavy (non-hydrogen) atoms. The molecule has 0 aromatic rings. The summed E-state index contributed by atoms with van der Waals surface area (Å²) in [6.45, 7) is 9.08. The van der Waals surface area contributed by atoms with Gasteiger partial charge in [-0.1, -0.05) is 304 Å². The molecule has 392 valence electrons. The standard InChI is InChI=1S/C60H116O6/c1-5-7-9-11-13-15-17-19-21-23-29-33-37-41-45-49-53-60(63)66-57(54-64-58(61)51-47-43-39-35-31-27-22-20-18-16-14-12-10-8-6-2)55-65-59(62)52-48-44-40-36-32-28-25-24-26-30-34-38-42-46-50-56(3)4/h56-57H,5-55H2,1-4H3/t57-/m0/s1. The topological polar surface area (TPSA) is 78.9 Å². The van der Waals surface area contributed by atoms with Crippen molar-refractivity contribution in [2.45, 2.75) is 348 Å². The highest BCUT2D eigenvalue weighted by atomic mass is 16.6. The number of esters is 3. The van der Waals surface area contributed by atoms with Gasteiger partial charge in [-0.25, -0.2) is 0 Å². The van der Waals surface area contributed by atoms with Crippen LogP contribution in [0, 0.1) is 5.92 Å². The first-order valence-electron chi connectivity index (χ1n) is 29.9. The van der Waals surface area contributed by atoms with E-state index in [2.05, 4.69) is 27.7 Å². The number of carbonyl (C=O) groups excluding carboxylic acids is 3. The van der Waals surface area contributed by atoms with Gasteiger partial charge in [0.15, 0.2) is 6.10 Å². The Balaban J connectivity index is 4.29. The molecule has 0 bridgehead atoms. The predicted octanol–water partition coefficient (Wildman–Crippen LogP) is 19.8. The molecule has 0 aliphatic rings. The predicted molar refractivity (Wildman–Crippen MR) is 284 cm³/mol. The van der Waals surface area contributed by atoms with Gasteiger partial charge in [-0.05, 0) is 25.2 Å². The molecular weight excluding hydrogens is 817 g/mol. The summed E-state index contributed by atoms with van der Waals surface area (Å²) >= 11 is 0. The summed E-state index contributed by atoms with van der Waals surface area (Å²) < 4.78 is 16.9. The Hall–Kier alpha value is -1.59. The molecule has 0 heterocycles. The van der Waals surface area contributed by atoms with Crippen LogP contribution in [0.1, 0.15) is 342 Å².